The number of hydrogen-bond acceptors (Lipinski definition) is 2. The van der Waals surface area contributed by atoms with Gasteiger partial charge in [-0.05, 0) is 64.2 Å². The van der Waals surface area contributed by atoms with E-state index in [1.165, 1.54) is 63.8 Å². The van der Waals surface area contributed by atoms with Crippen molar-refractivity contribution in [2.75, 3.05) is 26.2 Å². The molecule has 3 rings (SSSR count). The van der Waals surface area contributed by atoms with Crippen molar-refractivity contribution in [3.05, 3.63) is 35.9 Å². The molecule has 20 heavy (non-hydrogen) atoms. The Morgan fingerprint density at radius 2 is 1.90 bits per heavy atom. The Kier molecular flexibility index (Phi) is 4.74. The van der Waals surface area contributed by atoms with E-state index in [4.69, 9.17) is 0 Å². The monoisotopic (exact) mass is 272 g/mol. The van der Waals surface area contributed by atoms with Gasteiger partial charge in [-0.25, -0.2) is 0 Å². The molecule has 0 bridgehead atoms. The lowest BCUT2D eigenvalue weighted by atomic mass is 10.0. The average Bonchev–Trinajstić information content (AvgIpc) is 2.83. The molecule has 1 aromatic rings. The number of aryl methyl sites for hydroxylation is 1. The smallest absolute Gasteiger partial charge is 0.0223 e. The molecule has 0 spiro atoms. The highest BCUT2D eigenvalue weighted by Crippen LogP contribution is 2.23. The van der Waals surface area contributed by atoms with E-state index in [1.807, 2.05) is 0 Å². The van der Waals surface area contributed by atoms with E-state index < -0.39 is 0 Å². The molecule has 2 heterocycles. The first-order valence-corrected chi connectivity index (χ1v) is 8.35. The standard InChI is InChI=1S/C18H28N2/c1-16(10-11-17-7-3-2-4-8-17)20-14-6-13-19-12-5-9-18(19)15-20/h2-4,7-8,16,18H,5-6,9-15H2,1H3. The van der Waals surface area contributed by atoms with Crippen LogP contribution in [0, 0.1) is 0 Å². The van der Waals surface area contributed by atoms with Crippen LogP contribution in [-0.2, 0) is 6.42 Å². The summed E-state index contributed by atoms with van der Waals surface area (Å²) in [6.07, 6.45) is 6.69. The summed E-state index contributed by atoms with van der Waals surface area (Å²) in [4.78, 5) is 5.48. The third kappa shape index (κ3) is 3.42. The Labute approximate surface area is 123 Å². The SMILES string of the molecule is CC(CCc1ccccc1)N1CCCN2CCCC2C1. The maximum atomic E-state index is 2.75. The van der Waals surface area contributed by atoms with Crippen LogP contribution in [0.2, 0.25) is 0 Å². The van der Waals surface area contributed by atoms with Gasteiger partial charge in [0.05, 0.1) is 0 Å². The third-order valence-corrected chi connectivity index (χ3v) is 5.15. The molecule has 0 saturated carbocycles. The number of rotatable bonds is 4. The lowest BCUT2D eigenvalue weighted by molar-refractivity contribution is 0.175. The molecule has 2 aliphatic rings. The Hall–Kier alpha value is -0.860. The van der Waals surface area contributed by atoms with Crippen LogP contribution < -0.4 is 0 Å². The Morgan fingerprint density at radius 1 is 1.10 bits per heavy atom. The lowest BCUT2D eigenvalue weighted by Gasteiger charge is -2.30. The Morgan fingerprint density at radius 3 is 2.75 bits per heavy atom. The zero-order valence-electron chi connectivity index (χ0n) is 12.8. The first-order chi connectivity index (χ1) is 9.83. The van der Waals surface area contributed by atoms with E-state index in [9.17, 15) is 0 Å². The molecule has 2 nitrogen and oxygen atoms in total. The predicted octanol–water partition coefficient (Wildman–Crippen LogP) is 3.18. The minimum Gasteiger partial charge on any atom is -0.299 e. The van der Waals surface area contributed by atoms with Crippen molar-refractivity contribution in [1.82, 2.24) is 9.80 Å². The molecular formula is C18H28N2. The summed E-state index contributed by atoms with van der Waals surface area (Å²) in [6, 6.07) is 12.5. The van der Waals surface area contributed by atoms with E-state index in [-0.39, 0.29) is 0 Å². The van der Waals surface area contributed by atoms with Gasteiger partial charge in [-0.3, -0.25) is 9.80 Å². The van der Waals surface area contributed by atoms with Gasteiger partial charge >= 0.3 is 0 Å². The highest BCUT2D eigenvalue weighted by atomic mass is 15.3. The van der Waals surface area contributed by atoms with Gasteiger partial charge in [-0.15, -0.1) is 0 Å². The molecular weight excluding hydrogens is 244 g/mol. The predicted molar refractivity (Wildman–Crippen MR) is 85.0 cm³/mol. The number of hydrogen-bond donors (Lipinski definition) is 0. The second-order valence-corrected chi connectivity index (χ2v) is 6.55. The molecule has 0 amide bonds. The van der Waals surface area contributed by atoms with E-state index in [1.54, 1.807) is 0 Å². The third-order valence-electron chi connectivity index (χ3n) is 5.15. The normalized spacial score (nSPS) is 26.1. The van der Waals surface area contributed by atoms with Crippen LogP contribution in [0.3, 0.4) is 0 Å². The highest BCUT2D eigenvalue weighted by molar-refractivity contribution is 5.14. The van der Waals surface area contributed by atoms with Crippen LogP contribution in [0.1, 0.15) is 38.2 Å². The second kappa shape index (κ2) is 6.73. The summed E-state index contributed by atoms with van der Waals surface area (Å²) in [5.41, 5.74) is 1.48. The Bertz CT molecular complexity index is 403. The number of nitrogens with zero attached hydrogens (tertiary/aromatic N) is 2. The average molecular weight is 272 g/mol. The van der Waals surface area contributed by atoms with E-state index in [0.717, 1.165) is 12.1 Å². The molecule has 2 aliphatic heterocycles. The van der Waals surface area contributed by atoms with Crippen LogP contribution in [0.4, 0.5) is 0 Å². The van der Waals surface area contributed by atoms with Crippen molar-refractivity contribution in [3.8, 4) is 0 Å². The highest BCUT2D eigenvalue weighted by Gasteiger charge is 2.30. The van der Waals surface area contributed by atoms with Crippen LogP contribution in [0.25, 0.3) is 0 Å². The minimum atomic E-state index is 0.718. The van der Waals surface area contributed by atoms with Crippen molar-refractivity contribution in [2.24, 2.45) is 0 Å². The van der Waals surface area contributed by atoms with Gasteiger partial charge in [-0.2, -0.15) is 0 Å². The summed E-state index contributed by atoms with van der Waals surface area (Å²) in [5.74, 6) is 0. The van der Waals surface area contributed by atoms with E-state index >= 15 is 0 Å². The molecule has 2 fully saturated rings. The quantitative estimate of drug-likeness (QED) is 0.830. The Balaban J connectivity index is 1.52. The van der Waals surface area contributed by atoms with Crippen molar-refractivity contribution >= 4 is 0 Å². The molecule has 2 unspecified atom stereocenters. The first-order valence-electron chi connectivity index (χ1n) is 8.35. The van der Waals surface area contributed by atoms with Crippen LogP contribution in [0.5, 0.6) is 0 Å². The molecule has 0 aromatic heterocycles. The fraction of sp³-hybridized carbons (Fsp3) is 0.667. The second-order valence-electron chi connectivity index (χ2n) is 6.55. The maximum absolute atomic E-state index is 2.75. The van der Waals surface area contributed by atoms with Crippen molar-refractivity contribution < 1.29 is 0 Å². The zero-order chi connectivity index (χ0) is 13.8. The number of fused-ring (bicyclic) bond motifs is 1. The van der Waals surface area contributed by atoms with Gasteiger partial charge in [0.2, 0.25) is 0 Å². The van der Waals surface area contributed by atoms with E-state index in [2.05, 4.69) is 47.1 Å². The van der Waals surface area contributed by atoms with Crippen molar-refractivity contribution in [2.45, 2.75) is 51.1 Å². The summed E-state index contributed by atoms with van der Waals surface area (Å²) < 4.78 is 0. The molecule has 0 N–H and O–H groups in total. The summed E-state index contributed by atoms with van der Waals surface area (Å²) in [7, 11) is 0. The van der Waals surface area contributed by atoms with Gasteiger partial charge in [0, 0.05) is 18.6 Å². The lowest BCUT2D eigenvalue weighted by Crippen LogP contribution is -2.41. The van der Waals surface area contributed by atoms with Crippen LogP contribution in [-0.4, -0.2) is 48.1 Å². The maximum Gasteiger partial charge on any atom is 0.0223 e. The first kappa shape index (κ1) is 14.1. The molecule has 110 valence electrons. The zero-order valence-corrected chi connectivity index (χ0v) is 12.8. The molecule has 2 atom stereocenters. The van der Waals surface area contributed by atoms with Gasteiger partial charge in [0.25, 0.3) is 0 Å². The largest absolute Gasteiger partial charge is 0.299 e. The van der Waals surface area contributed by atoms with Gasteiger partial charge < -0.3 is 0 Å². The summed E-state index contributed by atoms with van der Waals surface area (Å²) in [6.45, 7) is 7.69. The summed E-state index contributed by atoms with van der Waals surface area (Å²) >= 11 is 0. The molecule has 1 aromatic carbocycles. The molecule has 2 saturated heterocycles. The summed E-state index contributed by atoms with van der Waals surface area (Å²) in [5, 5.41) is 0. The fourth-order valence-corrected chi connectivity index (χ4v) is 3.84. The van der Waals surface area contributed by atoms with Gasteiger partial charge in [0.15, 0.2) is 0 Å². The van der Waals surface area contributed by atoms with Crippen molar-refractivity contribution in [3.63, 3.8) is 0 Å². The van der Waals surface area contributed by atoms with E-state index in [0.29, 0.717) is 0 Å². The molecule has 0 aliphatic carbocycles. The molecule has 0 radical (unpaired) electrons. The van der Waals surface area contributed by atoms with Gasteiger partial charge in [-0.1, -0.05) is 30.3 Å². The van der Waals surface area contributed by atoms with Crippen molar-refractivity contribution in [1.29, 1.82) is 0 Å². The van der Waals surface area contributed by atoms with Crippen LogP contribution in [0.15, 0.2) is 30.3 Å². The van der Waals surface area contributed by atoms with Gasteiger partial charge in [0.1, 0.15) is 0 Å². The minimum absolute atomic E-state index is 0.718. The number of benzene rings is 1. The fourth-order valence-electron chi connectivity index (χ4n) is 3.84. The van der Waals surface area contributed by atoms with Crippen LogP contribution >= 0.6 is 0 Å². The molecule has 2 heteroatoms. The topological polar surface area (TPSA) is 6.48 Å².